The molecule has 0 saturated carbocycles. The Hall–Kier alpha value is -3.92. The lowest BCUT2D eigenvalue weighted by atomic mass is 10.0. The number of hydrogen-bond acceptors (Lipinski definition) is 7. The highest BCUT2D eigenvalue weighted by Gasteiger charge is 2.37. The number of nitrogen functional groups attached to an aromatic ring is 1. The second kappa shape index (κ2) is 12.4. The van der Waals surface area contributed by atoms with Crippen molar-refractivity contribution in [1.29, 1.82) is 0 Å². The maximum absolute atomic E-state index is 14.2. The summed E-state index contributed by atoms with van der Waals surface area (Å²) in [7, 11) is 0. The third kappa shape index (κ3) is 6.45. The van der Waals surface area contributed by atoms with Crippen LogP contribution in [0.15, 0.2) is 48.5 Å². The van der Waals surface area contributed by atoms with Gasteiger partial charge in [0.1, 0.15) is 16.7 Å². The fourth-order valence-corrected chi connectivity index (χ4v) is 4.53. The molecule has 0 aliphatic heterocycles. The summed E-state index contributed by atoms with van der Waals surface area (Å²) in [5.41, 5.74) is 13.2. The Morgan fingerprint density at radius 3 is 2.38 bits per heavy atom. The van der Waals surface area contributed by atoms with Crippen molar-refractivity contribution >= 4 is 40.6 Å². The van der Waals surface area contributed by atoms with Gasteiger partial charge in [-0.2, -0.15) is 4.37 Å². The zero-order valence-corrected chi connectivity index (χ0v) is 22.3. The maximum Gasteiger partial charge on any atom is 0.273 e. The molecule has 0 radical (unpaired) electrons. The molecule has 9 nitrogen and oxygen atoms in total. The first-order valence-electron chi connectivity index (χ1n) is 12.1. The third-order valence-corrected chi connectivity index (χ3v) is 6.57. The standard InChI is InChI=1S/C27H33N5O4S/c1-5-36-20-9-7-6-8-19(20)32(27(35)24-21(28)22(25(29)33)31-37-24)23(18-12-10-17(4)11-13-18)26(34)30-15-14-16(2)3/h6-13,16,23H,5,14-15,28H2,1-4H3,(H2,29,33)(H,30,34)/t23-/m0/s1. The topological polar surface area (TPSA) is 141 Å². The molecule has 2 aromatic carbocycles. The summed E-state index contributed by atoms with van der Waals surface area (Å²) in [5.74, 6) is -0.986. The van der Waals surface area contributed by atoms with Gasteiger partial charge >= 0.3 is 0 Å². The molecule has 0 saturated heterocycles. The monoisotopic (exact) mass is 523 g/mol. The normalized spacial score (nSPS) is 11.7. The van der Waals surface area contributed by atoms with E-state index in [0.717, 1.165) is 23.5 Å². The molecular weight excluding hydrogens is 490 g/mol. The van der Waals surface area contributed by atoms with Crippen LogP contribution < -0.4 is 26.4 Å². The van der Waals surface area contributed by atoms with E-state index in [0.29, 0.717) is 36.1 Å². The maximum atomic E-state index is 14.2. The molecule has 0 aliphatic rings. The highest BCUT2D eigenvalue weighted by molar-refractivity contribution is 7.09. The number of hydrogen-bond donors (Lipinski definition) is 3. The molecule has 3 aromatic rings. The van der Waals surface area contributed by atoms with E-state index < -0.39 is 17.9 Å². The zero-order valence-electron chi connectivity index (χ0n) is 21.5. The summed E-state index contributed by atoms with van der Waals surface area (Å²) in [4.78, 5) is 41.1. The van der Waals surface area contributed by atoms with Crippen molar-refractivity contribution in [3.63, 3.8) is 0 Å². The van der Waals surface area contributed by atoms with Gasteiger partial charge in [-0.3, -0.25) is 19.3 Å². The van der Waals surface area contributed by atoms with Crippen molar-refractivity contribution in [2.45, 2.75) is 40.2 Å². The number of nitrogens with one attached hydrogen (secondary N) is 1. The van der Waals surface area contributed by atoms with Crippen LogP contribution in [0.1, 0.15) is 64.5 Å². The van der Waals surface area contributed by atoms with Crippen LogP contribution in [-0.2, 0) is 4.79 Å². The number of para-hydroxylation sites is 2. The number of anilines is 2. The van der Waals surface area contributed by atoms with Gasteiger partial charge in [-0.05, 0) is 55.4 Å². The number of carbonyl (C=O) groups is 3. The number of rotatable bonds is 11. The predicted molar refractivity (Wildman–Crippen MR) is 146 cm³/mol. The van der Waals surface area contributed by atoms with Crippen LogP contribution in [0, 0.1) is 12.8 Å². The zero-order chi connectivity index (χ0) is 27.1. The molecule has 37 heavy (non-hydrogen) atoms. The Labute approximate surface area is 221 Å². The molecule has 1 atom stereocenters. The SMILES string of the molecule is CCOc1ccccc1N(C(=O)c1snc(C(N)=O)c1N)[C@H](C(=O)NCCC(C)C)c1ccc(C)cc1. The number of carbonyl (C=O) groups excluding carboxylic acids is 3. The fraction of sp³-hybridized carbons (Fsp3) is 0.333. The van der Waals surface area contributed by atoms with Crippen LogP contribution in [0.5, 0.6) is 5.75 Å². The van der Waals surface area contributed by atoms with E-state index in [1.165, 1.54) is 4.90 Å². The molecule has 10 heteroatoms. The van der Waals surface area contributed by atoms with Crippen LogP contribution in [0.25, 0.3) is 0 Å². The summed E-state index contributed by atoms with van der Waals surface area (Å²) < 4.78 is 9.82. The Kier molecular flexibility index (Phi) is 9.24. The Morgan fingerprint density at radius 2 is 1.78 bits per heavy atom. The molecule has 3 amide bonds. The molecule has 0 unspecified atom stereocenters. The molecule has 0 aliphatic carbocycles. The number of ether oxygens (including phenoxy) is 1. The summed E-state index contributed by atoms with van der Waals surface area (Å²) in [6, 6.07) is 13.3. The van der Waals surface area contributed by atoms with E-state index in [1.54, 1.807) is 24.3 Å². The lowest BCUT2D eigenvalue weighted by Gasteiger charge is -2.32. The first-order valence-corrected chi connectivity index (χ1v) is 12.9. The third-order valence-electron chi connectivity index (χ3n) is 5.72. The molecular formula is C27H33N5O4S. The number of amides is 3. The number of benzene rings is 2. The van der Waals surface area contributed by atoms with E-state index >= 15 is 0 Å². The molecule has 0 bridgehead atoms. The lowest BCUT2D eigenvalue weighted by Crippen LogP contribution is -2.44. The van der Waals surface area contributed by atoms with Gasteiger partial charge in [-0.25, -0.2) is 0 Å². The Balaban J connectivity index is 2.21. The number of aromatic nitrogens is 1. The van der Waals surface area contributed by atoms with Crippen LogP contribution in [0.2, 0.25) is 0 Å². The van der Waals surface area contributed by atoms with E-state index in [4.69, 9.17) is 16.2 Å². The second-order valence-electron chi connectivity index (χ2n) is 9.00. The fourth-order valence-electron chi connectivity index (χ4n) is 3.79. The minimum Gasteiger partial charge on any atom is -0.492 e. The molecule has 1 aromatic heterocycles. The van der Waals surface area contributed by atoms with E-state index in [-0.39, 0.29) is 22.2 Å². The van der Waals surface area contributed by atoms with Gasteiger partial charge in [-0.15, -0.1) is 0 Å². The number of primary amides is 1. The van der Waals surface area contributed by atoms with Gasteiger partial charge in [0.2, 0.25) is 5.91 Å². The largest absolute Gasteiger partial charge is 0.492 e. The van der Waals surface area contributed by atoms with Gasteiger partial charge in [0, 0.05) is 6.54 Å². The minimum absolute atomic E-state index is 0.00666. The molecule has 196 valence electrons. The number of nitrogens with zero attached hydrogens (tertiary/aromatic N) is 2. The molecule has 3 rings (SSSR count). The first kappa shape index (κ1) is 27.7. The van der Waals surface area contributed by atoms with Gasteiger partial charge < -0.3 is 21.5 Å². The predicted octanol–water partition coefficient (Wildman–Crippen LogP) is 4.08. The van der Waals surface area contributed by atoms with Gasteiger partial charge in [0.25, 0.3) is 11.8 Å². The summed E-state index contributed by atoms with van der Waals surface area (Å²) in [5, 5.41) is 2.98. The number of nitrogens with two attached hydrogens (primary N) is 2. The smallest absolute Gasteiger partial charge is 0.273 e. The van der Waals surface area contributed by atoms with E-state index in [1.807, 2.05) is 38.1 Å². The van der Waals surface area contributed by atoms with Gasteiger partial charge in [0.15, 0.2) is 5.69 Å². The van der Waals surface area contributed by atoms with Crippen LogP contribution in [-0.4, -0.2) is 35.2 Å². The average molecular weight is 524 g/mol. The highest BCUT2D eigenvalue weighted by atomic mass is 32.1. The highest BCUT2D eigenvalue weighted by Crippen LogP contribution is 2.38. The van der Waals surface area contributed by atoms with Gasteiger partial charge in [-0.1, -0.05) is 55.8 Å². The summed E-state index contributed by atoms with van der Waals surface area (Å²) in [6.07, 6.45) is 0.777. The average Bonchev–Trinajstić information content (AvgIpc) is 3.25. The molecule has 0 fully saturated rings. The van der Waals surface area contributed by atoms with Crippen molar-refractivity contribution in [2.75, 3.05) is 23.8 Å². The first-order chi connectivity index (χ1) is 17.6. The lowest BCUT2D eigenvalue weighted by molar-refractivity contribution is -0.122. The van der Waals surface area contributed by atoms with Crippen molar-refractivity contribution in [1.82, 2.24) is 9.69 Å². The molecule has 0 spiro atoms. The van der Waals surface area contributed by atoms with Crippen molar-refractivity contribution in [3.05, 3.63) is 70.2 Å². The van der Waals surface area contributed by atoms with E-state index in [9.17, 15) is 14.4 Å². The molecule has 1 heterocycles. The van der Waals surface area contributed by atoms with Crippen molar-refractivity contribution in [3.8, 4) is 5.75 Å². The van der Waals surface area contributed by atoms with Crippen LogP contribution >= 0.6 is 11.5 Å². The quantitative estimate of drug-likeness (QED) is 0.346. The Bertz CT molecular complexity index is 1260. The second-order valence-corrected chi connectivity index (χ2v) is 9.77. The van der Waals surface area contributed by atoms with Gasteiger partial charge in [0.05, 0.1) is 18.0 Å². The summed E-state index contributed by atoms with van der Waals surface area (Å²) in [6.45, 7) is 8.71. The Morgan fingerprint density at radius 1 is 1.11 bits per heavy atom. The van der Waals surface area contributed by atoms with Crippen LogP contribution in [0.3, 0.4) is 0 Å². The minimum atomic E-state index is -1.06. The van der Waals surface area contributed by atoms with E-state index in [2.05, 4.69) is 23.5 Å². The number of aryl methyl sites for hydroxylation is 1. The van der Waals surface area contributed by atoms with Crippen LogP contribution in [0.4, 0.5) is 11.4 Å². The molecule has 5 N–H and O–H groups in total. The van der Waals surface area contributed by atoms with Crippen molar-refractivity contribution in [2.24, 2.45) is 11.7 Å². The summed E-state index contributed by atoms with van der Waals surface area (Å²) >= 11 is 0.764. The van der Waals surface area contributed by atoms with Crippen molar-refractivity contribution < 1.29 is 19.1 Å².